The lowest BCUT2D eigenvalue weighted by molar-refractivity contribution is -0.122. The van der Waals surface area contributed by atoms with Gasteiger partial charge in [0, 0.05) is 5.56 Å². The normalized spacial score (nSPS) is 16.0. The van der Waals surface area contributed by atoms with Crippen LogP contribution in [0.25, 0.3) is 6.08 Å². The zero-order chi connectivity index (χ0) is 17.1. The molecular weight excluding hydrogens is 342 g/mol. The Kier molecular flexibility index (Phi) is 4.87. The van der Waals surface area contributed by atoms with Crippen LogP contribution >= 0.6 is 24.0 Å². The third-order valence-corrected chi connectivity index (χ3v) is 4.97. The quantitative estimate of drug-likeness (QED) is 0.666. The first kappa shape index (κ1) is 16.5. The molecule has 0 saturated carbocycles. The fourth-order valence-electron chi connectivity index (χ4n) is 2.36. The summed E-state index contributed by atoms with van der Waals surface area (Å²) >= 11 is 6.57. The Bertz CT molecular complexity index is 818. The van der Waals surface area contributed by atoms with Crippen molar-refractivity contribution >= 4 is 40.3 Å². The zero-order valence-electron chi connectivity index (χ0n) is 12.9. The molecular formula is C18H15NO3S2. The van der Waals surface area contributed by atoms with Crippen LogP contribution in [0.5, 0.6) is 11.5 Å². The summed E-state index contributed by atoms with van der Waals surface area (Å²) < 4.78 is 5.60. The zero-order valence-corrected chi connectivity index (χ0v) is 14.6. The predicted octanol–water partition coefficient (Wildman–Crippen LogP) is 3.80. The molecule has 3 rings (SSSR count). The van der Waals surface area contributed by atoms with Crippen LogP contribution < -0.4 is 4.74 Å². The number of carbonyl (C=O) groups excluding carboxylic acids is 1. The topological polar surface area (TPSA) is 49.8 Å². The van der Waals surface area contributed by atoms with Crippen molar-refractivity contribution in [1.29, 1.82) is 0 Å². The smallest absolute Gasteiger partial charge is 0.266 e. The van der Waals surface area contributed by atoms with Crippen molar-refractivity contribution in [1.82, 2.24) is 4.90 Å². The molecule has 24 heavy (non-hydrogen) atoms. The van der Waals surface area contributed by atoms with E-state index >= 15 is 0 Å². The first-order valence-corrected chi connectivity index (χ1v) is 8.48. The predicted molar refractivity (Wildman–Crippen MR) is 99.8 cm³/mol. The SMILES string of the molecule is COc1cccc(C=C2SC(=S)N(Cc3ccccc3)C2=O)c1O. The summed E-state index contributed by atoms with van der Waals surface area (Å²) in [6.45, 7) is 0.437. The number of thiocarbonyl (C=S) groups is 1. The van der Waals surface area contributed by atoms with Crippen LogP contribution in [0.3, 0.4) is 0 Å². The molecule has 0 atom stereocenters. The van der Waals surface area contributed by atoms with Crippen LogP contribution in [0, 0.1) is 0 Å². The second kappa shape index (κ2) is 7.07. The maximum Gasteiger partial charge on any atom is 0.266 e. The minimum Gasteiger partial charge on any atom is -0.504 e. The van der Waals surface area contributed by atoms with Crippen LogP contribution in [0.4, 0.5) is 0 Å². The van der Waals surface area contributed by atoms with Crippen molar-refractivity contribution < 1.29 is 14.6 Å². The molecule has 1 saturated heterocycles. The molecule has 0 aromatic heterocycles. The molecule has 1 aliphatic rings. The summed E-state index contributed by atoms with van der Waals surface area (Å²) in [5, 5.41) is 10.2. The van der Waals surface area contributed by atoms with Gasteiger partial charge < -0.3 is 9.84 Å². The molecule has 1 N–H and O–H groups in total. The number of phenolic OH excluding ortho intramolecular Hbond substituents is 1. The number of rotatable bonds is 4. The lowest BCUT2D eigenvalue weighted by atomic mass is 10.1. The third-order valence-electron chi connectivity index (χ3n) is 3.59. The standard InChI is InChI=1S/C18H15NO3S2/c1-22-14-9-5-8-13(16(14)20)10-15-17(21)19(18(23)24-15)11-12-6-3-2-4-7-12/h2-10,20H,11H2,1H3. The molecule has 4 nitrogen and oxygen atoms in total. The van der Waals surface area contributed by atoms with E-state index in [4.69, 9.17) is 17.0 Å². The van der Waals surface area contributed by atoms with Gasteiger partial charge in [0.15, 0.2) is 11.5 Å². The first-order valence-electron chi connectivity index (χ1n) is 7.25. The molecule has 1 heterocycles. The molecule has 0 radical (unpaired) electrons. The van der Waals surface area contributed by atoms with E-state index in [-0.39, 0.29) is 11.7 Å². The second-order valence-electron chi connectivity index (χ2n) is 5.15. The van der Waals surface area contributed by atoms with Crippen molar-refractivity contribution in [2.75, 3.05) is 7.11 Å². The Labute approximate surface area is 149 Å². The highest BCUT2D eigenvalue weighted by Gasteiger charge is 2.32. The number of aromatic hydroxyl groups is 1. The molecule has 0 unspecified atom stereocenters. The van der Waals surface area contributed by atoms with Gasteiger partial charge in [0.1, 0.15) is 4.32 Å². The highest BCUT2D eigenvalue weighted by molar-refractivity contribution is 8.26. The maximum atomic E-state index is 12.6. The lowest BCUT2D eigenvalue weighted by Crippen LogP contribution is -2.27. The van der Waals surface area contributed by atoms with E-state index in [1.54, 1.807) is 29.2 Å². The van der Waals surface area contributed by atoms with Gasteiger partial charge in [-0.2, -0.15) is 0 Å². The summed E-state index contributed by atoms with van der Waals surface area (Å²) in [5.41, 5.74) is 1.54. The Morgan fingerprint density at radius 3 is 2.67 bits per heavy atom. The Morgan fingerprint density at radius 2 is 1.96 bits per heavy atom. The highest BCUT2D eigenvalue weighted by atomic mass is 32.2. The molecule has 1 amide bonds. The monoisotopic (exact) mass is 357 g/mol. The van der Waals surface area contributed by atoms with Gasteiger partial charge >= 0.3 is 0 Å². The number of carbonyl (C=O) groups is 1. The van der Waals surface area contributed by atoms with Crippen molar-refractivity contribution in [3.63, 3.8) is 0 Å². The average molecular weight is 357 g/mol. The fraction of sp³-hybridized carbons (Fsp3) is 0.111. The van der Waals surface area contributed by atoms with E-state index in [1.807, 2.05) is 30.3 Å². The Hall–Kier alpha value is -2.31. The van der Waals surface area contributed by atoms with E-state index in [0.717, 1.165) is 5.56 Å². The minimum absolute atomic E-state index is 0.00771. The van der Waals surface area contributed by atoms with Gasteiger partial charge in [0.25, 0.3) is 5.91 Å². The molecule has 2 aromatic carbocycles. The first-order chi connectivity index (χ1) is 11.6. The number of nitrogens with zero attached hydrogens (tertiary/aromatic N) is 1. The number of methoxy groups -OCH3 is 1. The number of hydrogen-bond acceptors (Lipinski definition) is 5. The number of phenols is 1. The summed E-state index contributed by atoms with van der Waals surface area (Å²) in [5.74, 6) is 0.216. The number of benzene rings is 2. The van der Waals surface area contributed by atoms with Gasteiger partial charge in [-0.05, 0) is 17.7 Å². The number of hydrogen-bond donors (Lipinski definition) is 1. The molecule has 1 aliphatic heterocycles. The summed E-state index contributed by atoms with van der Waals surface area (Å²) in [6.07, 6.45) is 1.64. The van der Waals surface area contributed by atoms with Crippen LogP contribution in [0.15, 0.2) is 53.4 Å². The molecule has 1 fully saturated rings. The van der Waals surface area contributed by atoms with Crippen LogP contribution in [0.1, 0.15) is 11.1 Å². The van der Waals surface area contributed by atoms with Gasteiger partial charge in [-0.15, -0.1) is 0 Å². The van der Waals surface area contributed by atoms with Gasteiger partial charge in [-0.1, -0.05) is 66.4 Å². The molecule has 6 heteroatoms. The number of amides is 1. The molecule has 0 aliphatic carbocycles. The summed E-state index contributed by atoms with van der Waals surface area (Å²) in [7, 11) is 1.48. The van der Waals surface area contributed by atoms with Crippen LogP contribution in [-0.4, -0.2) is 27.3 Å². The Balaban J connectivity index is 1.86. The lowest BCUT2D eigenvalue weighted by Gasteiger charge is -2.14. The highest BCUT2D eigenvalue weighted by Crippen LogP contribution is 2.37. The van der Waals surface area contributed by atoms with E-state index in [2.05, 4.69) is 0 Å². The largest absolute Gasteiger partial charge is 0.504 e. The van der Waals surface area contributed by atoms with Gasteiger partial charge in [-0.25, -0.2) is 0 Å². The third kappa shape index (κ3) is 3.29. The van der Waals surface area contributed by atoms with Gasteiger partial charge in [0.2, 0.25) is 0 Å². The fourth-order valence-corrected chi connectivity index (χ4v) is 3.61. The van der Waals surface area contributed by atoms with Crippen molar-refractivity contribution in [3.8, 4) is 11.5 Å². The van der Waals surface area contributed by atoms with Crippen molar-refractivity contribution in [2.24, 2.45) is 0 Å². The van der Waals surface area contributed by atoms with Crippen molar-refractivity contribution in [3.05, 3.63) is 64.6 Å². The Morgan fingerprint density at radius 1 is 1.21 bits per heavy atom. The van der Waals surface area contributed by atoms with Crippen LogP contribution in [0.2, 0.25) is 0 Å². The summed E-state index contributed by atoms with van der Waals surface area (Å²) in [4.78, 5) is 14.7. The number of ether oxygens (including phenoxy) is 1. The maximum absolute atomic E-state index is 12.6. The molecule has 2 aromatic rings. The van der Waals surface area contributed by atoms with Gasteiger partial charge in [0.05, 0.1) is 18.6 Å². The molecule has 0 spiro atoms. The molecule has 0 bridgehead atoms. The minimum atomic E-state index is -0.156. The van der Waals surface area contributed by atoms with E-state index in [0.29, 0.717) is 27.1 Å². The number of para-hydroxylation sites is 1. The van der Waals surface area contributed by atoms with Crippen molar-refractivity contribution in [2.45, 2.75) is 6.54 Å². The molecule has 122 valence electrons. The average Bonchev–Trinajstić information content (AvgIpc) is 2.85. The second-order valence-corrected chi connectivity index (χ2v) is 6.83. The van der Waals surface area contributed by atoms with Crippen LogP contribution in [-0.2, 0) is 11.3 Å². The summed E-state index contributed by atoms with van der Waals surface area (Å²) in [6, 6.07) is 14.8. The van der Waals surface area contributed by atoms with E-state index in [1.165, 1.54) is 18.9 Å². The number of thioether (sulfide) groups is 1. The van der Waals surface area contributed by atoms with E-state index < -0.39 is 0 Å². The van der Waals surface area contributed by atoms with E-state index in [9.17, 15) is 9.90 Å². The van der Waals surface area contributed by atoms with Gasteiger partial charge in [-0.3, -0.25) is 9.69 Å².